The molecule has 1 saturated carbocycles. The van der Waals surface area contributed by atoms with Gasteiger partial charge in [-0.1, -0.05) is 0 Å². The zero-order valence-corrected chi connectivity index (χ0v) is 16.7. The lowest BCUT2D eigenvalue weighted by molar-refractivity contribution is -0.118. The molecule has 1 saturated heterocycles. The minimum Gasteiger partial charge on any atom is -0.485 e. The molecule has 1 aliphatic carbocycles. The van der Waals surface area contributed by atoms with Gasteiger partial charge in [0.25, 0.3) is 6.43 Å². The summed E-state index contributed by atoms with van der Waals surface area (Å²) < 4.78 is 39.8. The third-order valence-electron chi connectivity index (χ3n) is 5.83. The molecule has 2 fully saturated rings. The van der Waals surface area contributed by atoms with Gasteiger partial charge in [0.2, 0.25) is 5.91 Å². The molecular formula is C20H21F2N5O4. The van der Waals surface area contributed by atoms with E-state index in [-0.39, 0.29) is 12.4 Å². The van der Waals surface area contributed by atoms with Crippen molar-refractivity contribution in [3.8, 4) is 17.1 Å². The maximum absolute atomic E-state index is 13.4. The SMILES string of the molecule is C[C@H](Nc1ccc2c(c1)OC1(CC1)Cn1cc(N3C(=O)OCC3C(F)F)nc1-2)C(N)=O. The number of anilines is 2. The number of carbonyl (C=O) groups is 2. The molecule has 31 heavy (non-hydrogen) atoms. The number of amides is 2. The third-order valence-corrected chi connectivity index (χ3v) is 5.83. The number of ether oxygens (including phenoxy) is 2. The summed E-state index contributed by atoms with van der Waals surface area (Å²) in [6, 6.07) is 3.36. The number of benzene rings is 1. The summed E-state index contributed by atoms with van der Waals surface area (Å²) >= 11 is 0. The van der Waals surface area contributed by atoms with Crippen molar-refractivity contribution in [3.05, 3.63) is 24.4 Å². The molecule has 9 nitrogen and oxygen atoms in total. The van der Waals surface area contributed by atoms with Crippen LogP contribution in [-0.2, 0) is 16.1 Å². The van der Waals surface area contributed by atoms with E-state index in [1.165, 1.54) is 0 Å². The van der Waals surface area contributed by atoms with Crippen molar-refractivity contribution in [2.75, 3.05) is 16.8 Å². The number of rotatable bonds is 5. The standard InChI is InChI=1S/C20H21F2N5O4/c1-10(17(23)28)24-11-2-3-12-14(6-11)31-20(4-5-20)9-26-7-15(25-18(12)26)27-13(16(21)22)8-30-19(27)29/h2-3,6-7,10,13,16,24H,4-5,8-9H2,1H3,(H2,23,28)/t10-,13?/m0/s1. The number of halogens is 2. The Morgan fingerprint density at radius 3 is 2.84 bits per heavy atom. The Balaban J connectivity index is 1.55. The van der Waals surface area contributed by atoms with Crippen molar-refractivity contribution < 1.29 is 27.8 Å². The molecule has 1 unspecified atom stereocenters. The number of nitrogens with one attached hydrogen (secondary N) is 1. The summed E-state index contributed by atoms with van der Waals surface area (Å²) in [4.78, 5) is 28.9. The molecule has 1 aromatic carbocycles. The van der Waals surface area contributed by atoms with E-state index in [0.29, 0.717) is 29.4 Å². The highest BCUT2D eigenvalue weighted by Crippen LogP contribution is 2.48. The van der Waals surface area contributed by atoms with Crippen LogP contribution >= 0.6 is 0 Å². The van der Waals surface area contributed by atoms with Crippen molar-refractivity contribution in [1.82, 2.24) is 9.55 Å². The monoisotopic (exact) mass is 433 g/mol. The highest BCUT2D eigenvalue weighted by Gasteiger charge is 2.49. The number of hydrogen-bond acceptors (Lipinski definition) is 6. The Kier molecular flexibility index (Phi) is 4.31. The maximum atomic E-state index is 13.4. The second kappa shape index (κ2) is 6.82. The van der Waals surface area contributed by atoms with E-state index in [1.54, 1.807) is 31.3 Å². The fraction of sp³-hybridized carbons (Fsp3) is 0.450. The number of fused-ring (bicyclic) bond motifs is 3. The van der Waals surface area contributed by atoms with Gasteiger partial charge in [-0.2, -0.15) is 0 Å². The van der Waals surface area contributed by atoms with Crippen LogP contribution in [0, 0.1) is 0 Å². The van der Waals surface area contributed by atoms with Crippen molar-refractivity contribution >= 4 is 23.5 Å². The van der Waals surface area contributed by atoms with Crippen LogP contribution in [0.5, 0.6) is 5.75 Å². The van der Waals surface area contributed by atoms with Crippen LogP contribution in [0.2, 0.25) is 0 Å². The molecule has 2 atom stereocenters. The predicted octanol–water partition coefficient (Wildman–Crippen LogP) is 2.35. The summed E-state index contributed by atoms with van der Waals surface area (Å²) in [6.07, 6.45) is -0.326. The molecule has 164 valence electrons. The first-order valence-electron chi connectivity index (χ1n) is 9.97. The Hall–Kier alpha value is -3.37. The summed E-state index contributed by atoms with van der Waals surface area (Å²) in [5.41, 5.74) is 6.23. The lowest BCUT2D eigenvalue weighted by atomic mass is 10.1. The molecule has 2 amide bonds. The zero-order valence-electron chi connectivity index (χ0n) is 16.7. The third kappa shape index (κ3) is 3.33. The van der Waals surface area contributed by atoms with Gasteiger partial charge in [-0.15, -0.1) is 0 Å². The summed E-state index contributed by atoms with van der Waals surface area (Å²) in [7, 11) is 0. The first-order valence-corrected chi connectivity index (χ1v) is 9.97. The van der Waals surface area contributed by atoms with Gasteiger partial charge in [-0.25, -0.2) is 23.5 Å². The van der Waals surface area contributed by atoms with Crippen molar-refractivity contribution in [2.45, 2.75) is 50.4 Å². The lowest BCUT2D eigenvalue weighted by Gasteiger charge is -2.19. The average Bonchev–Trinajstić information content (AvgIpc) is 3.19. The van der Waals surface area contributed by atoms with E-state index in [2.05, 4.69) is 10.3 Å². The molecule has 0 radical (unpaired) electrons. The quantitative estimate of drug-likeness (QED) is 0.749. The molecule has 11 heteroatoms. The molecule has 1 aromatic heterocycles. The van der Waals surface area contributed by atoms with Gasteiger partial charge in [0.1, 0.15) is 35.9 Å². The van der Waals surface area contributed by atoms with Crippen molar-refractivity contribution in [2.24, 2.45) is 5.73 Å². The minimum absolute atomic E-state index is 0.121. The minimum atomic E-state index is -2.75. The average molecular weight is 433 g/mol. The first kappa shape index (κ1) is 19.6. The normalized spacial score (nSPS) is 21.7. The Labute approximate surface area is 176 Å². The van der Waals surface area contributed by atoms with Crippen molar-refractivity contribution in [1.29, 1.82) is 0 Å². The summed E-state index contributed by atoms with van der Waals surface area (Å²) in [5.74, 6) is 0.706. The van der Waals surface area contributed by atoms with Crippen LogP contribution in [0.4, 0.5) is 25.1 Å². The molecule has 3 aliphatic rings. The largest absolute Gasteiger partial charge is 0.485 e. The number of nitrogens with zero attached hydrogens (tertiary/aromatic N) is 3. The number of alkyl halides is 2. The van der Waals surface area contributed by atoms with Crippen LogP contribution < -0.4 is 20.7 Å². The molecular weight excluding hydrogens is 412 g/mol. The van der Waals surface area contributed by atoms with Gasteiger partial charge in [0, 0.05) is 18.0 Å². The predicted molar refractivity (Wildman–Crippen MR) is 106 cm³/mol. The molecule has 1 spiro atoms. The topological polar surface area (TPSA) is 112 Å². The van der Waals surface area contributed by atoms with E-state index >= 15 is 0 Å². The summed E-state index contributed by atoms with van der Waals surface area (Å²) in [6.45, 7) is 1.76. The second-order valence-corrected chi connectivity index (χ2v) is 8.16. The van der Waals surface area contributed by atoms with Crippen LogP contribution in [0.25, 0.3) is 11.4 Å². The molecule has 5 rings (SSSR count). The van der Waals surface area contributed by atoms with E-state index in [1.807, 2.05) is 4.57 Å². The van der Waals surface area contributed by atoms with Gasteiger partial charge < -0.3 is 25.1 Å². The Morgan fingerprint density at radius 2 is 2.16 bits per heavy atom. The number of carbonyl (C=O) groups excluding carboxylic acids is 2. The number of cyclic esters (lactones) is 1. The summed E-state index contributed by atoms with van der Waals surface area (Å²) in [5, 5.41) is 3.02. The lowest BCUT2D eigenvalue weighted by Crippen LogP contribution is -2.39. The number of nitrogens with two attached hydrogens (primary N) is 1. The number of aromatic nitrogens is 2. The molecule has 3 N–H and O–H groups in total. The van der Waals surface area contributed by atoms with Crippen LogP contribution in [0.3, 0.4) is 0 Å². The van der Waals surface area contributed by atoms with Crippen molar-refractivity contribution in [3.63, 3.8) is 0 Å². The van der Waals surface area contributed by atoms with E-state index in [4.69, 9.17) is 15.2 Å². The number of primary amides is 1. The molecule has 2 aromatic rings. The van der Waals surface area contributed by atoms with Gasteiger partial charge in [-0.3, -0.25) is 4.79 Å². The number of hydrogen-bond donors (Lipinski definition) is 2. The van der Waals surface area contributed by atoms with Gasteiger partial charge in [0.05, 0.1) is 12.1 Å². The number of imidazole rings is 1. The molecule has 3 heterocycles. The van der Waals surface area contributed by atoms with E-state index < -0.39 is 36.1 Å². The molecule has 2 aliphatic heterocycles. The first-order chi connectivity index (χ1) is 14.8. The van der Waals surface area contributed by atoms with Gasteiger partial charge in [-0.05, 0) is 31.9 Å². The van der Waals surface area contributed by atoms with Gasteiger partial charge >= 0.3 is 6.09 Å². The van der Waals surface area contributed by atoms with E-state index in [0.717, 1.165) is 17.7 Å². The second-order valence-electron chi connectivity index (χ2n) is 8.16. The molecule has 0 bridgehead atoms. The van der Waals surface area contributed by atoms with Crippen LogP contribution in [0.1, 0.15) is 19.8 Å². The van der Waals surface area contributed by atoms with Crippen LogP contribution in [0.15, 0.2) is 24.4 Å². The van der Waals surface area contributed by atoms with E-state index in [9.17, 15) is 18.4 Å². The fourth-order valence-electron chi connectivity index (χ4n) is 3.92. The highest BCUT2D eigenvalue weighted by molar-refractivity contribution is 5.90. The Morgan fingerprint density at radius 1 is 1.39 bits per heavy atom. The smallest absolute Gasteiger partial charge is 0.416 e. The fourth-order valence-corrected chi connectivity index (χ4v) is 3.92. The Bertz CT molecular complexity index is 1070. The van der Waals surface area contributed by atoms with Gasteiger partial charge in [0.15, 0.2) is 5.82 Å². The van der Waals surface area contributed by atoms with Crippen LogP contribution in [-0.4, -0.2) is 52.3 Å². The maximum Gasteiger partial charge on any atom is 0.416 e. The highest BCUT2D eigenvalue weighted by atomic mass is 19.3. The zero-order chi connectivity index (χ0) is 21.9.